The molecule has 1 aliphatic heterocycles. The van der Waals surface area contributed by atoms with E-state index in [4.69, 9.17) is 0 Å². The molecule has 2 rings (SSSR count). The van der Waals surface area contributed by atoms with Gasteiger partial charge < -0.3 is 9.47 Å². The van der Waals surface area contributed by atoms with E-state index in [1.165, 1.54) is 5.69 Å². The summed E-state index contributed by atoms with van der Waals surface area (Å²) in [5, 5.41) is 0. The molecule has 106 valence electrons. The molecule has 1 aromatic rings. The van der Waals surface area contributed by atoms with Crippen molar-refractivity contribution in [3.8, 4) is 0 Å². The maximum atomic E-state index is 11.5. The van der Waals surface area contributed by atoms with E-state index in [2.05, 4.69) is 35.5 Å². The summed E-state index contributed by atoms with van der Waals surface area (Å²) in [5.74, 6) is 1.81. The molecule has 0 radical (unpaired) electrons. The molecule has 1 saturated heterocycles. The van der Waals surface area contributed by atoms with E-state index in [1.807, 2.05) is 18.9 Å². The molecule has 0 saturated carbocycles. The Morgan fingerprint density at radius 2 is 2.05 bits per heavy atom. The first-order valence-electron chi connectivity index (χ1n) is 6.79. The van der Waals surface area contributed by atoms with E-state index in [-0.39, 0.29) is 5.91 Å². The highest BCUT2D eigenvalue weighted by molar-refractivity contribution is 5.78. The third-order valence-corrected chi connectivity index (χ3v) is 4.11. The van der Waals surface area contributed by atoms with E-state index in [9.17, 15) is 4.79 Å². The second kappa shape index (κ2) is 5.33. The standard InChI is InChI=1S/C14H24N4O/c1-10-11(2)18(5)13(15-10)9-16(3)7-12-6-14(19)17(4)8-12/h12H,6-9H2,1-5H3/t12-/m0/s1. The first-order valence-corrected chi connectivity index (χ1v) is 6.79. The summed E-state index contributed by atoms with van der Waals surface area (Å²) in [4.78, 5) is 20.2. The SMILES string of the molecule is Cc1nc(CN(C)C[C@@H]2CC(=O)N(C)C2)n(C)c1C. The fourth-order valence-electron chi connectivity index (χ4n) is 2.75. The average molecular weight is 264 g/mol. The molecule has 1 aromatic heterocycles. The van der Waals surface area contributed by atoms with Crippen LogP contribution in [0.5, 0.6) is 0 Å². The molecular formula is C14H24N4O. The van der Waals surface area contributed by atoms with Crippen LogP contribution < -0.4 is 0 Å². The maximum absolute atomic E-state index is 11.5. The molecule has 0 aromatic carbocycles. The van der Waals surface area contributed by atoms with Crippen LogP contribution in [0.1, 0.15) is 23.6 Å². The van der Waals surface area contributed by atoms with E-state index in [0.29, 0.717) is 12.3 Å². The minimum absolute atomic E-state index is 0.266. The number of carbonyl (C=O) groups excluding carboxylic acids is 1. The van der Waals surface area contributed by atoms with Crippen LogP contribution in [0.15, 0.2) is 0 Å². The van der Waals surface area contributed by atoms with Crippen LogP contribution in [0, 0.1) is 19.8 Å². The lowest BCUT2D eigenvalue weighted by atomic mass is 10.1. The number of likely N-dealkylation sites (tertiary alicyclic amines) is 1. The van der Waals surface area contributed by atoms with E-state index in [1.54, 1.807) is 0 Å². The second-order valence-electron chi connectivity index (χ2n) is 5.80. The number of aryl methyl sites for hydroxylation is 1. The van der Waals surface area contributed by atoms with Gasteiger partial charge >= 0.3 is 0 Å². The summed E-state index contributed by atoms with van der Waals surface area (Å²) in [5.41, 5.74) is 2.32. The monoisotopic (exact) mass is 264 g/mol. The van der Waals surface area contributed by atoms with Gasteiger partial charge in [-0.25, -0.2) is 4.98 Å². The average Bonchev–Trinajstić information content (AvgIpc) is 2.75. The molecule has 1 amide bonds. The summed E-state index contributed by atoms with van der Waals surface area (Å²) in [6.45, 7) is 6.79. The Labute approximate surface area is 115 Å². The third-order valence-electron chi connectivity index (χ3n) is 4.11. The predicted molar refractivity (Wildman–Crippen MR) is 74.8 cm³/mol. The highest BCUT2D eigenvalue weighted by Crippen LogP contribution is 2.18. The molecule has 2 heterocycles. The number of hydrogen-bond donors (Lipinski definition) is 0. The van der Waals surface area contributed by atoms with Gasteiger partial charge in [0.05, 0.1) is 12.2 Å². The molecule has 1 aliphatic rings. The molecule has 0 unspecified atom stereocenters. The molecule has 1 atom stereocenters. The van der Waals surface area contributed by atoms with E-state index >= 15 is 0 Å². The number of hydrogen-bond acceptors (Lipinski definition) is 3. The largest absolute Gasteiger partial charge is 0.345 e. The highest BCUT2D eigenvalue weighted by atomic mass is 16.2. The zero-order chi connectivity index (χ0) is 14.2. The summed E-state index contributed by atoms with van der Waals surface area (Å²) >= 11 is 0. The molecule has 1 fully saturated rings. The van der Waals surface area contributed by atoms with Gasteiger partial charge in [-0.2, -0.15) is 0 Å². The van der Waals surface area contributed by atoms with Crippen LogP contribution >= 0.6 is 0 Å². The molecule has 0 bridgehead atoms. The Balaban J connectivity index is 1.93. The van der Waals surface area contributed by atoms with Gasteiger partial charge in [-0.1, -0.05) is 0 Å². The van der Waals surface area contributed by atoms with Gasteiger partial charge in [0.1, 0.15) is 5.82 Å². The van der Waals surface area contributed by atoms with Gasteiger partial charge in [0.15, 0.2) is 0 Å². The number of aromatic nitrogens is 2. The Bertz CT molecular complexity index is 480. The van der Waals surface area contributed by atoms with Gasteiger partial charge in [-0.05, 0) is 26.8 Å². The van der Waals surface area contributed by atoms with Crippen LogP contribution in [0.3, 0.4) is 0 Å². The number of amides is 1. The first-order chi connectivity index (χ1) is 8.88. The molecule has 5 nitrogen and oxygen atoms in total. The maximum Gasteiger partial charge on any atom is 0.222 e. The zero-order valence-corrected chi connectivity index (χ0v) is 12.6. The van der Waals surface area contributed by atoms with Crippen molar-refractivity contribution < 1.29 is 4.79 Å². The van der Waals surface area contributed by atoms with Crippen molar-refractivity contribution in [3.63, 3.8) is 0 Å². The smallest absolute Gasteiger partial charge is 0.222 e. The van der Waals surface area contributed by atoms with E-state index < -0.39 is 0 Å². The summed E-state index contributed by atoms with van der Waals surface area (Å²) in [7, 11) is 6.04. The van der Waals surface area contributed by atoms with Crippen molar-refractivity contribution in [2.45, 2.75) is 26.8 Å². The van der Waals surface area contributed by atoms with Crippen LogP contribution in [-0.2, 0) is 18.4 Å². The fourth-order valence-corrected chi connectivity index (χ4v) is 2.75. The third kappa shape index (κ3) is 2.97. The van der Waals surface area contributed by atoms with Gasteiger partial charge in [-0.3, -0.25) is 9.69 Å². The van der Waals surface area contributed by atoms with Gasteiger partial charge in [0.25, 0.3) is 0 Å². The summed E-state index contributed by atoms with van der Waals surface area (Å²) in [6.07, 6.45) is 0.680. The van der Waals surface area contributed by atoms with Crippen LogP contribution in [0.4, 0.5) is 0 Å². The van der Waals surface area contributed by atoms with Crippen LogP contribution in [0.25, 0.3) is 0 Å². The summed E-state index contributed by atoms with van der Waals surface area (Å²) in [6, 6.07) is 0. The minimum Gasteiger partial charge on any atom is -0.345 e. The van der Waals surface area contributed by atoms with E-state index in [0.717, 1.165) is 31.2 Å². The summed E-state index contributed by atoms with van der Waals surface area (Å²) < 4.78 is 2.15. The Morgan fingerprint density at radius 3 is 2.53 bits per heavy atom. The lowest BCUT2D eigenvalue weighted by Crippen LogP contribution is -2.28. The van der Waals surface area contributed by atoms with Gasteiger partial charge in [-0.15, -0.1) is 0 Å². The van der Waals surface area contributed by atoms with Crippen molar-refractivity contribution in [2.75, 3.05) is 27.2 Å². The molecular weight excluding hydrogens is 240 g/mol. The Kier molecular flexibility index (Phi) is 3.94. The minimum atomic E-state index is 0.266. The number of carbonyl (C=O) groups is 1. The zero-order valence-electron chi connectivity index (χ0n) is 12.6. The van der Waals surface area contributed by atoms with Crippen molar-refractivity contribution in [2.24, 2.45) is 13.0 Å². The second-order valence-corrected chi connectivity index (χ2v) is 5.80. The van der Waals surface area contributed by atoms with Crippen molar-refractivity contribution in [3.05, 3.63) is 17.2 Å². The number of rotatable bonds is 4. The lowest BCUT2D eigenvalue weighted by molar-refractivity contribution is -0.126. The first kappa shape index (κ1) is 14.1. The van der Waals surface area contributed by atoms with Crippen molar-refractivity contribution in [1.82, 2.24) is 19.4 Å². The fraction of sp³-hybridized carbons (Fsp3) is 0.714. The highest BCUT2D eigenvalue weighted by Gasteiger charge is 2.27. The van der Waals surface area contributed by atoms with Gasteiger partial charge in [0, 0.05) is 39.3 Å². The Hall–Kier alpha value is -1.36. The quantitative estimate of drug-likeness (QED) is 0.813. The molecule has 0 spiro atoms. The molecule has 0 aliphatic carbocycles. The lowest BCUT2D eigenvalue weighted by Gasteiger charge is -2.20. The number of nitrogens with zero attached hydrogens (tertiary/aromatic N) is 4. The topological polar surface area (TPSA) is 41.4 Å². The van der Waals surface area contributed by atoms with Crippen LogP contribution in [-0.4, -0.2) is 52.4 Å². The van der Waals surface area contributed by atoms with Gasteiger partial charge in [0.2, 0.25) is 5.91 Å². The normalized spacial score (nSPS) is 19.8. The van der Waals surface area contributed by atoms with Crippen LogP contribution in [0.2, 0.25) is 0 Å². The number of imidazole rings is 1. The van der Waals surface area contributed by atoms with Crippen molar-refractivity contribution >= 4 is 5.91 Å². The molecule has 19 heavy (non-hydrogen) atoms. The Morgan fingerprint density at radius 1 is 1.37 bits per heavy atom. The molecule has 5 heteroatoms. The molecule has 0 N–H and O–H groups in total. The predicted octanol–water partition coefficient (Wildman–Crippen LogP) is 0.947. The van der Waals surface area contributed by atoms with Crippen molar-refractivity contribution in [1.29, 1.82) is 0 Å².